The van der Waals surface area contributed by atoms with Crippen molar-refractivity contribution in [1.82, 2.24) is 15.0 Å². The highest BCUT2D eigenvalue weighted by Crippen LogP contribution is 2.07. The van der Waals surface area contributed by atoms with Crippen molar-refractivity contribution >= 4 is 11.9 Å². The van der Waals surface area contributed by atoms with E-state index in [1.54, 1.807) is 6.92 Å². The molecule has 15 heavy (non-hydrogen) atoms. The molecule has 1 unspecified atom stereocenters. The van der Waals surface area contributed by atoms with Gasteiger partial charge in [0.1, 0.15) is 0 Å². The molecule has 1 aromatic rings. The molecule has 0 fully saturated rings. The molecule has 0 bridgehead atoms. The standard InChI is InChI=1S/C8H15N5O2/c1-5(14)3-4-10-7-11-6(9)12-8(13-7)15-2/h5,14H,3-4H2,1-2H3,(H3,9,10,11,12,13). The highest BCUT2D eigenvalue weighted by Gasteiger charge is 2.03. The van der Waals surface area contributed by atoms with Gasteiger partial charge in [-0.15, -0.1) is 0 Å². The molecule has 84 valence electrons. The number of rotatable bonds is 5. The molecule has 1 heterocycles. The third-order valence-electron chi connectivity index (χ3n) is 1.66. The second kappa shape index (κ2) is 5.30. The zero-order chi connectivity index (χ0) is 11.3. The maximum absolute atomic E-state index is 9.04. The van der Waals surface area contributed by atoms with E-state index in [1.807, 2.05) is 0 Å². The maximum atomic E-state index is 9.04. The number of nitrogens with one attached hydrogen (secondary N) is 1. The Morgan fingerprint density at radius 1 is 1.47 bits per heavy atom. The number of aromatic nitrogens is 3. The summed E-state index contributed by atoms with van der Waals surface area (Å²) in [5, 5.41) is 12.0. The molecule has 7 heteroatoms. The van der Waals surface area contributed by atoms with Crippen LogP contribution >= 0.6 is 0 Å². The quantitative estimate of drug-likeness (QED) is 0.613. The van der Waals surface area contributed by atoms with Gasteiger partial charge in [0.05, 0.1) is 13.2 Å². The molecule has 0 aliphatic heterocycles. The number of nitrogen functional groups attached to an aromatic ring is 1. The molecule has 0 radical (unpaired) electrons. The minimum Gasteiger partial charge on any atom is -0.467 e. The summed E-state index contributed by atoms with van der Waals surface area (Å²) >= 11 is 0. The molecule has 0 aliphatic carbocycles. The van der Waals surface area contributed by atoms with Crippen molar-refractivity contribution in [3.63, 3.8) is 0 Å². The lowest BCUT2D eigenvalue weighted by Crippen LogP contribution is -2.13. The Morgan fingerprint density at radius 2 is 2.20 bits per heavy atom. The van der Waals surface area contributed by atoms with Crippen LogP contribution in [0.1, 0.15) is 13.3 Å². The van der Waals surface area contributed by atoms with Crippen LogP contribution in [0.3, 0.4) is 0 Å². The number of aliphatic hydroxyl groups excluding tert-OH is 1. The molecule has 0 aromatic carbocycles. The van der Waals surface area contributed by atoms with Crippen molar-refractivity contribution in [2.45, 2.75) is 19.4 Å². The van der Waals surface area contributed by atoms with Gasteiger partial charge in [-0.1, -0.05) is 0 Å². The van der Waals surface area contributed by atoms with Gasteiger partial charge in [0, 0.05) is 6.54 Å². The van der Waals surface area contributed by atoms with Crippen molar-refractivity contribution in [3.8, 4) is 6.01 Å². The number of ether oxygens (including phenoxy) is 1. The van der Waals surface area contributed by atoms with Crippen molar-refractivity contribution in [3.05, 3.63) is 0 Å². The second-order valence-electron chi connectivity index (χ2n) is 3.07. The Bertz CT molecular complexity index is 318. The number of methoxy groups -OCH3 is 1. The molecule has 1 aromatic heterocycles. The van der Waals surface area contributed by atoms with Crippen LogP contribution in [-0.4, -0.2) is 39.8 Å². The van der Waals surface area contributed by atoms with Crippen LogP contribution in [-0.2, 0) is 0 Å². The molecule has 0 saturated heterocycles. The van der Waals surface area contributed by atoms with E-state index in [2.05, 4.69) is 20.3 Å². The van der Waals surface area contributed by atoms with Crippen molar-refractivity contribution < 1.29 is 9.84 Å². The van der Waals surface area contributed by atoms with Crippen molar-refractivity contribution in [1.29, 1.82) is 0 Å². The molecule has 1 rings (SSSR count). The Morgan fingerprint density at radius 3 is 2.80 bits per heavy atom. The Balaban J connectivity index is 2.56. The predicted octanol–water partition coefficient (Wildman–Crippen LogP) is -0.355. The lowest BCUT2D eigenvalue weighted by atomic mass is 10.3. The monoisotopic (exact) mass is 213 g/mol. The van der Waals surface area contributed by atoms with E-state index in [0.717, 1.165) is 0 Å². The molecule has 1 atom stereocenters. The highest BCUT2D eigenvalue weighted by atomic mass is 16.5. The van der Waals surface area contributed by atoms with Gasteiger partial charge in [-0.3, -0.25) is 0 Å². The topological polar surface area (TPSA) is 106 Å². The molecular formula is C8H15N5O2. The van der Waals surface area contributed by atoms with Crippen molar-refractivity contribution in [2.75, 3.05) is 24.7 Å². The van der Waals surface area contributed by atoms with Gasteiger partial charge >= 0.3 is 6.01 Å². The van der Waals surface area contributed by atoms with E-state index >= 15 is 0 Å². The summed E-state index contributed by atoms with van der Waals surface area (Å²) in [5.74, 6) is 0.446. The van der Waals surface area contributed by atoms with Crippen molar-refractivity contribution in [2.24, 2.45) is 0 Å². The lowest BCUT2D eigenvalue weighted by molar-refractivity contribution is 0.188. The van der Waals surface area contributed by atoms with Crippen LogP contribution < -0.4 is 15.8 Å². The lowest BCUT2D eigenvalue weighted by Gasteiger charge is -2.07. The largest absolute Gasteiger partial charge is 0.467 e. The first-order chi connectivity index (χ1) is 7.11. The first kappa shape index (κ1) is 11.4. The molecule has 0 aliphatic rings. The average Bonchev–Trinajstić information content (AvgIpc) is 2.16. The van der Waals surface area contributed by atoms with Gasteiger partial charge in [-0.25, -0.2) is 0 Å². The van der Waals surface area contributed by atoms with Crippen LogP contribution in [0.25, 0.3) is 0 Å². The maximum Gasteiger partial charge on any atom is 0.322 e. The number of anilines is 2. The number of hydrogen-bond acceptors (Lipinski definition) is 7. The zero-order valence-electron chi connectivity index (χ0n) is 8.77. The fraction of sp³-hybridized carbons (Fsp3) is 0.625. The normalized spacial score (nSPS) is 12.2. The Kier molecular flexibility index (Phi) is 4.04. The third kappa shape index (κ3) is 3.94. The zero-order valence-corrected chi connectivity index (χ0v) is 8.77. The van der Waals surface area contributed by atoms with Crippen LogP contribution in [0.2, 0.25) is 0 Å². The molecule has 0 amide bonds. The van der Waals surface area contributed by atoms with E-state index in [4.69, 9.17) is 15.6 Å². The third-order valence-corrected chi connectivity index (χ3v) is 1.66. The van der Waals surface area contributed by atoms with Gasteiger partial charge in [-0.2, -0.15) is 15.0 Å². The number of nitrogens with two attached hydrogens (primary N) is 1. The second-order valence-corrected chi connectivity index (χ2v) is 3.07. The van der Waals surface area contributed by atoms with E-state index in [0.29, 0.717) is 18.9 Å². The fourth-order valence-electron chi connectivity index (χ4n) is 0.935. The number of hydrogen-bond donors (Lipinski definition) is 3. The van der Waals surface area contributed by atoms with Gasteiger partial charge in [0.2, 0.25) is 11.9 Å². The smallest absolute Gasteiger partial charge is 0.322 e. The predicted molar refractivity (Wildman–Crippen MR) is 55.6 cm³/mol. The summed E-state index contributed by atoms with van der Waals surface area (Å²) < 4.78 is 4.83. The molecule has 0 saturated carbocycles. The van der Waals surface area contributed by atoms with Crippen LogP contribution in [0.5, 0.6) is 6.01 Å². The summed E-state index contributed by atoms with van der Waals surface area (Å²) in [7, 11) is 1.45. The minimum atomic E-state index is -0.362. The van der Waals surface area contributed by atoms with E-state index in [9.17, 15) is 0 Å². The SMILES string of the molecule is COc1nc(N)nc(NCCC(C)O)n1. The fourth-order valence-corrected chi connectivity index (χ4v) is 0.935. The molecule has 0 spiro atoms. The summed E-state index contributed by atoms with van der Waals surface area (Å²) in [4.78, 5) is 11.5. The van der Waals surface area contributed by atoms with E-state index < -0.39 is 0 Å². The van der Waals surface area contributed by atoms with Gasteiger partial charge in [-0.05, 0) is 13.3 Å². The number of aliphatic hydroxyl groups is 1. The van der Waals surface area contributed by atoms with E-state index in [1.165, 1.54) is 7.11 Å². The molecule has 4 N–H and O–H groups in total. The molecule has 7 nitrogen and oxygen atoms in total. The van der Waals surface area contributed by atoms with Crippen LogP contribution in [0.4, 0.5) is 11.9 Å². The first-order valence-electron chi connectivity index (χ1n) is 4.59. The number of nitrogens with zero attached hydrogens (tertiary/aromatic N) is 3. The van der Waals surface area contributed by atoms with E-state index in [-0.39, 0.29) is 18.1 Å². The summed E-state index contributed by atoms with van der Waals surface area (Å²) in [6.07, 6.45) is 0.243. The summed E-state index contributed by atoms with van der Waals surface area (Å²) in [5.41, 5.74) is 5.43. The first-order valence-corrected chi connectivity index (χ1v) is 4.59. The highest BCUT2D eigenvalue weighted by molar-refractivity contribution is 5.32. The van der Waals surface area contributed by atoms with Crippen LogP contribution in [0, 0.1) is 0 Å². The summed E-state index contributed by atoms with van der Waals surface area (Å²) in [6.45, 7) is 2.27. The minimum absolute atomic E-state index is 0.0985. The summed E-state index contributed by atoms with van der Waals surface area (Å²) in [6, 6.07) is 0.169. The average molecular weight is 213 g/mol. The Hall–Kier alpha value is -1.63. The van der Waals surface area contributed by atoms with Crippen LogP contribution in [0.15, 0.2) is 0 Å². The Labute approximate surface area is 87.7 Å². The van der Waals surface area contributed by atoms with Gasteiger partial charge < -0.3 is 20.9 Å². The van der Waals surface area contributed by atoms with Gasteiger partial charge in [0.25, 0.3) is 0 Å². The van der Waals surface area contributed by atoms with Gasteiger partial charge in [0.15, 0.2) is 0 Å². The molecular weight excluding hydrogens is 198 g/mol.